The second kappa shape index (κ2) is 9.17. The first-order chi connectivity index (χ1) is 13.2. The molecular weight excluding hydrogens is 378 g/mol. The number of carbonyl (C=O) groups excluding carboxylic acids is 2. The molecule has 0 aliphatic carbocycles. The van der Waals surface area contributed by atoms with Crippen LogP contribution < -0.4 is 10.0 Å². The Morgan fingerprint density at radius 1 is 1.00 bits per heavy atom. The minimum Gasteiger partial charge on any atom is -0.345 e. The van der Waals surface area contributed by atoms with E-state index in [-0.39, 0.29) is 23.3 Å². The third-order valence-electron chi connectivity index (χ3n) is 3.61. The quantitative estimate of drug-likeness (QED) is 0.748. The number of amides is 2. The lowest BCUT2D eigenvalue weighted by molar-refractivity contribution is -0.114. The first-order valence-corrected chi connectivity index (χ1v) is 9.85. The van der Waals surface area contributed by atoms with Crippen LogP contribution in [0.2, 0.25) is 0 Å². The molecule has 2 aromatic rings. The zero-order valence-electron chi connectivity index (χ0n) is 15.8. The van der Waals surface area contributed by atoms with E-state index in [0.29, 0.717) is 16.8 Å². The van der Waals surface area contributed by atoms with Crippen molar-refractivity contribution < 1.29 is 18.0 Å². The number of nitrogens with one attached hydrogen (secondary N) is 2. The van der Waals surface area contributed by atoms with Gasteiger partial charge in [0, 0.05) is 37.8 Å². The van der Waals surface area contributed by atoms with Gasteiger partial charge in [0.1, 0.15) is 0 Å². The molecule has 0 aromatic heterocycles. The predicted molar refractivity (Wildman–Crippen MR) is 107 cm³/mol. The molecule has 0 aliphatic heterocycles. The molecule has 0 saturated heterocycles. The molecule has 0 heterocycles. The van der Waals surface area contributed by atoms with Crippen molar-refractivity contribution in [3.8, 4) is 11.8 Å². The molecule has 2 N–H and O–H groups in total. The molecule has 0 saturated carbocycles. The number of anilines is 1. The van der Waals surface area contributed by atoms with Crippen LogP contribution in [-0.4, -0.2) is 45.8 Å². The van der Waals surface area contributed by atoms with Crippen molar-refractivity contribution in [1.29, 1.82) is 0 Å². The fraction of sp³-hybridized carbons (Fsp3) is 0.200. The number of carbonyl (C=O) groups is 2. The lowest BCUT2D eigenvalue weighted by Gasteiger charge is -2.09. The summed E-state index contributed by atoms with van der Waals surface area (Å²) in [5.74, 6) is 5.26. The highest BCUT2D eigenvalue weighted by Gasteiger charge is 2.12. The van der Waals surface area contributed by atoms with Crippen LogP contribution in [0.15, 0.2) is 53.4 Å². The van der Waals surface area contributed by atoms with Gasteiger partial charge in [0.2, 0.25) is 15.9 Å². The van der Waals surface area contributed by atoms with E-state index in [1.54, 1.807) is 38.4 Å². The molecular formula is C20H21N3O4S. The Morgan fingerprint density at radius 2 is 1.61 bits per heavy atom. The lowest BCUT2D eigenvalue weighted by Crippen LogP contribution is -2.24. The summed E-state index contributed by atoms with van der Waals surface area (Å²) in [6, 6.07) is 12.6. The van der Waals surface area contributed by atoms with Gasteiger partial charge >= 0.3 is 0 Å². The lowest BCUT2D eigenvalue weighted by atomic mass is 10.1. The van der Waals surface area contributed by atoms with Crippen LogP contribution in [0.4, 0.5) is 5.69 Å². The Morgan fingerprint density at radius 3 is 2.14 bits per heavy atom. The van der Waals surface area contributed by atoms with E-state index in [1.165, 1.54) is 36.1 Å². The normalized spacial score (nSPS) is 10.5. The molecule has 2 rings (SSSR count). The molecule has 0 unspecified atom stereocenters. The Kier molecular flexibility index (Phi) is 6.93. The molecule has 2 amide bonds. The zero-order chi connectivity index (χ0) is 20.7. The smallest absolute Gasteiger partial charge is 0.253 e. The minimum absolute atomic E-state index is 0.0613. The highest BCUT2D eigenvalue weighted by Crippen LogP contribution is 2.13. The van der Waals surface area contributed by atoms with Gasteiger partial charge in [-0.2, -0.15) is 4.72 Å². The van der Waals surface area contributed by atoms with Crippen LogP contribution in [0.1, 0.15) is 22.8 Å². The summed E-state index contributed by atoms with van der Waals surface area (Å²) < 4.78 is 26.9. The van der Waals surface area contributed by atoms with Crippen LogP contribution in [0, 0.1) is 11.8 Å². The molecule has 0 fully saturated rings. The Bertz CT molecular complexity index is 1020. The van der Waals surface area contributed by atoms with Crippen molar-refractivity contribution >= 4 is 27.5 Å². The molecule has 0 radical (unpaired) electrons. The van der Waals surface area contributed by atoms with Crippen LogP contribution in [0.25, 0.3) is 0 Å². The molecule has 146 valence electrons. The summed E-state index contributed by atoms with van der Waals surface area (Å²) in [6.45, 7) is 1.31. The SMILES string of the molecule is CC(=O)Nc1ccc(S(=O)(=O)NCC#Cc2ccc(C(=O)N(C)C)cc2)cc1. The second-order valence-corrected chi connectivity index (χ2v) is 7.88. The summed E-state index contributed by atoms with van der Waals surface area (Å²) in [6.07, 6.45) is 0. The Labute approximate surface area is 164 Å². The van der Waals surface area contributed by atoms with E-state index < -0.39 is 10.0 Å². The van der Waals surface area contributed by atoms with E-state index in [1.807, 2.05) is 0 Å². The minimum atomic E-state index is -3.70. The van der Waals surface area contributed by atoms with Gasteiger partial charge in [-0.25, -0.2) is 8.42 Å². The molecule has 28 heavy (non-hydrogen) atoms. The first kappa shape index (κ1) is 21.2. The standard InChI is InChI=1S/C20H21N3O4S/c1-15(24)22-18-10-12-19(13-11-18)28(26,27)21-14-4-5-16-6-8-17(9-7-16)20(25)23(2)3/h6-13,21H,14H2,1-3H3,(H,22,24). The van der Waals surface area contributed by atoms with Gasteiger partial charge in [-0.1, -0.05) is 11.8 Å². The van der Waals surface area contributed by atoms with E-state index in [4.69, 9.17) is 0 Å². The number of hydrogen-bond acceptors (Lipinski definition) is 4. The second-order valence-electron chi connectivity index (χ2n) is 6.11. The van der Waals surface area contributed by atoms with Crippen molar-refractivity contribution in [1.82, 2.24) is 9.62 Å². The van der Waals surface area contributed by atoms with Gasteiger partial charge in [-0.15, -0.1) is 0 Å². The van der Waals surface area contributed by atoms with Gasteiger partial charge in [0.25, 0.3) is 5.91 Å². The van der Waals surface area contributed by atoms with Crippen molar-refractivity contribution in [2.45, 2.75) is 11.8 Å². The molecule has 7 nitrogen and oxygen atoms in total. The van der Waals surface area contributed by atoms with Crippen LogP contribution in [0.3, 0.4) is 0 Å². The van der Waals surface area contributed by atoms with Gasteiger partial charge in [-0.3, -0.25) is 9.59 Å². The fourth-order valence-electron chi connectivity index (χ4n) is 2.24. The molecule has 8 heteroatoms. The zero-order valence-corrected chi connectivity index (χ0v) is 16.6. The predicted octanol–water partition coefficient (Wildman–Crippen LogP) is 1.68. The maximum Gasteiger partial charge on any atom is 0.253 e. The summed E-state index contributed by atoms with van der Waals surface area (Å²) >= 11 is 0. The number of benzene rings is 2. The number of sulfonamides is 1. The number of nitrogens with zero attached hydrogens (tertiary/aromatic N) is 1. The van der Waals surface area contributed by atoms with Gasteiger partial charge in [-0.05, 0) is 48.5 Å². The summed E-state index contributed by atoms with van der Waals surface area (Å²) in [4.78, 5) is 24.4. The Hall–Kier alpha value is -3.15. The van der Waals surface area contributed by atoms with E-state index in [0.717, 1.165) is 0 Å². The van der Waals surface area contributed by atoms with Gasteiger partial charge in [0.05, 0.1) is 11.4 Å². The molecule has 2 aromatic carbocycles. The molecule has 0 atom stereocenters. The van der Waals surface area contributed by atoms with Crippen molar-refractivity contribution in [2.75, 3.05) is 26.0 Å². The van der Waals surface area contributed by atoms with Crippen LogP contribution in [-0.2, 0) is 14.8 Å². The molecule has 0 spiro atoms. The monoisotopic (exact) mass is 399 g/mol. The average Bonchev–Trinajstić information content (AvgIpc) is 2.65. The number of rotatable bonds is 5. The summed E-state index contributed by atoms with van der Waals surface area (Å²) in [7, 11) is -0.351. The average molecular weight is 399 g/mol. The maximum atomic E-state index is 12.3. The highest BCUT2D eigenvalue weighted by atomic mass is 32.2. The van der Waals surface area contributed by atoms with Crippen LogP contribution in [0.5, 0.6) is 0 Å². The van der Waals surface area contributed by atoms with Gasteiger partial charge < -0.3 is 10.2 Å². The summed E-state index contributed by atoms with van der Waals surface area (Å²) in [5.41, 5.74) is 1.75. The number of hydrogen-bond donors (Lipinski definition) is 2. The topological polar surface area (TPSA) is 95.6 Å². The third kappa shape index (κ3) is 5.94. The van der Waals surface area contributed by atoms with Crippen LogP contribution >= 0.6 is 0 Å². The summed E-state index contributed by atoms with van der Waals surface area (Å²) in [5, 5.41) is 2.57. The Balaban J connectivity index is 1.97. The maximum absolute atomic E-state index is 12.3. The fourth-order valence-corrected chi connectivity index (χ4v) is 3.16. The van der Waals surface area contributed by atoms with E-state index in [2.05, 4.69) is 21.9 Å². The van der Waals surface area contributed by atoms with Crippen molar-refractivity contribution in [2.24, 2.45) is 0 Å². The van der Waals surface area contributed by atoms with Gasteiger partial charge in [0.15, 0.2) is 0 Å². The first-order valence-electron chi connectivity index (χ1n) is 8.37. The molecule has 0 aliphatic rings. The van der Waals surface area contributed by atoms with Crippen molar-refractivity contribution in [3.63, 3.8) is 0 Å². The molecule has 0 bridgehead atoms. The third-order valence-corrected chi connectivity index (χ3v) is 5.02. The largest absolute Gasteiger partial charge is 0.345 e. The van der Waals surface area contributed by atoms with Crippen molar-refractivity contribution in [3.05, 3.63) is 59.7 Å². The van der Waals surface area contributed by atoms with E-state index in [9.17, 15) is 18.0 Å². The van der Waals surface area contributed by atoms with E-state index >= 15 is 0 Å². The highest BCUT2D eigenvalue weighted by molar-refractivity contribution is 7.89.